The number of nitrogens with zero attached hydrogens (tertiary/aromatic N) is 2. The molecule has 0 unspecified atom stereocenters. The second-order valence-corrected chi connectivity index (χ2v) is 8.92. The number of rotatable bonds is 6. The summed E-state index contributed by atoms with van der Waals surface area (Å²) in [5, 5.41) is 3.07. The Balaban J connectivity index is 1.35. The van der Waals surface area contributed by atoms with Gasteiger partial charge in [0.15, 0.2) is 0 Å². The molecule has 0 saturated heterocycles. The smallest absolute Gasteiger partial charge is 0.256 e. The van der Waals surface area contributed by atoms with Crippen LogP contribution in [0.5, 0.6) is 0 Å². The van der Waals surface area contributed by atoms with Gasteiger partial charge in [-0.3, -0.25) is 9.59 Å². The van der Waals surface area contributed by atoms with Crippen LogP contribution < -0.4 is 16.0 Å². The van der Waals surface area contributed by atoms with E-state index in [4.69, 9.17) is 5.73 Å². The number of carbonyl (C=O) groups is 2. The van der Waals surface area contributed by atoms with Crippen LogP contribution in [0.15, 0.2) is 84.9 Å². The lowest BCUT2D eigenvalue weighted by Gasteiger charge is -2.18. The minimum atomic E-state index is -0.150. The highest BCUT2D eigenvalue weighted by Crippen LogP contribution is 2.32. The number of amides is 2. The quantitative estimate of drug-likeness (QED) is 0.396. The summed E-state index contributed by atoms with van der Waals surface area (Å²) in [5.74, 6) is 0.234. The number of nitrogens with one attached hydrogen (secondary N) is 1. The maximum Gasteiger partial charge on any atom is 0.256 e. The highest BCUT2D eigenvalue weighted by Gasteiger charge is 2.25. The molecule has 0 spiro atoms. The number of carbonyl (C=O) groups excluding carboxylic acids is 2. The average Bonchev–Trinajstić information content (AvgIpc) is 3.32. The zero-order chi connectivity index (χ0) is 25.1. The van der Waals surface area contributed by atoms with Crippen molar-refractivity contribution in [3.05, 3.63) is 107 Å². The maximum absolute atomic E-state index is 13.4. The number of pyridine rings is 1. The molecule has 36 heavy (non-hydrogen) atoms. The van der Waals surface area contributed by atoms with E-state index in [1.54, 1.807) is 23.1 Å². The van der Waals surface area contributed by atoms with Gasteiger partial charge in [-0.15, -0.1) is 0 Å². The Kier molecular flexibility index (Phi) is 6.50. The molecular weight excluding hydrogens is 448 g/mol. The maximum atomic E-state index is 13.4. The number of benzene rings is 3. The standard InChI is InChI=1S/C30H28N4O2/c1-2-20-11-13-25(21-7-4-3-5-8-21)26(17-20)30(36)33-24-12-14-27-22(18-24)15-16-34(27)29(35)19-23-9-6-10-28(31)32-23/h3-14,17-18H,2,15-16,19H2,1H3,(H2,31,32)(H,33,36). The van der Waals surface area contributed by atoms with Gasteiger partial charge in [-0.2, -0.15) is 0 Å². The molecule has 0 atom stereocenters. The molecule has 5 rings (SSSR count). The molecule has 0 fully saturated rings. The van der Waals surface area contributed by atoms with Crippen molar-refractivity contribution in [3.8, 4) is 11.1 Å². The largest absolute Gasteiger partial charge is 0.384 e. The molecule has 1 aliphatic heterocycles. The van der Waals surface area contributed by atoms with E-state index in [1.807, 2.05) is 60.7 Å². The number of hydrogen-bond donors (Lipinski definition) is 2. The first kappa shape index (κ1) is 23.3. The van der Waals surface area contributed by atoms with Crippen molar-refractivity contribution in [3.63, 3.8) is 0 Å². The molecule has 1 aliphatic rings. The predicted octanol–water partition coefficient (Wildman–Crippen LogP) is 5.28. The summed E-state index contributed by atoms with van der Waals surface area (Å²) < 4.78 is 0. The number of nitrogens with two attached hydrogens (primary N) is 1. The fraction of sp³-hybridized carbons (Fsp3) is 0.167. The monoisotopic (exact) mass is 476 g/mol. The molecular formula is C30H28N4O2. The predicted molar refractivity (Wildman–Crippen MR) is 144 cm³/mol. The molecule has 0 radical (unpaired) electrons. The van der Waals surface area contributed by atoms with Gasteiger partial charge in [0.25, 0.3) is 5.91 Å². The van der Waals surface area contributed by atoms with Gasteiger partial charge < -0.3 is 16.0 Å². The van der Waals surface area contributed by atoms with Crippen molar-refractivity contribution in [1.82, 2.24) is 4.98 Å². The van der Waals surface area contributed by atoms with Crippen molar-refractivity contribution in [2.75, 3.05) is 22.5 Å². The number of aromatic nitrogens is 1. The zero-order valence-corrected chi connectivity index (χ0v) is 20.2. The topological polar surface area (TPSA) is 88.3 Å². The second kappa shape index (κ2) is 10.0. The first-order chi connectivity index (χ1) is 17.5. The molecule has 1 aromatic heterocycles. The Hall–Kier alpha value is -4.45. The number of hydrogen-bond acceptors (Lipinski definition) is 4. The van der Waals surface area contributed by atoms with Gasteiger partial charge in [0.2, 0.25) is 5.91 Å². The van der Waals surface area contributed by atoms with Crippen LogP contribution in [0.2, 0.25) is 0 Å². The fourth-order valence-electron chi connectivity index (χ4n) is 4.65. The van der Waals surface area contributed by atoms with Crippen LogP contribution in [-0.4, -0.2) is 23.3 Å². The summed E-state index contributed by atoms with van der Waals surface area (Å²) in [6.07, 6.45) is 1.78. The summed E-state index contributed by atoms with van der Waals surface area (Å²) in [4.78, 5) is 32.4. The highest BCUT2D eigenvalue weighted by molar-refractivity contribution is 6.09. The average molecular weight is 477 g/mol. The molecule has 6 nitrogen and oxygen atoms in total. The SMILES string of the molecule is CCc1ccc(-c2ccccc2)c(C(=O)Nc2ccc3c(c2)CCN3C(=O)Cc2cccc(N)n2)c1. The van der Waals surface area contributed by atoms with Gasteiger partial charge in [-0.05, 0) is 71.5 Å². The van der Waals surface area contributed by atoms with Gasteiger partial charge in [-0.1, -0.05) is 55.5 Å². The van der Waals surface area contributed by atoms with Crippen LogP contribution in [0.25, 0.3) is 11.1 Å². The first-order valence-corrected chi connectivity index (χ1v) is 12.2. The Bertz CT molecular complexity index is 1430. The molecule has 2 amide bonds. The van der Waals surface area contributed by atoms with Gasteiger partial charge in [0.1, 0.15) is 5.82 Å². The molecule has 180 valence electrons. The van der Waals surface area contributed by atoms with Gasteiger partial charge in [-0.25, -0.2) is 4.98 Å². The summed E-state index contributed by atoms with van der Waals surface area (Å²) in [6, 6.07) is 27.0. The molecule has 6 heteroatoms. The molecule has 0 saturated carbocycles. The Morgan fingerprint density at radius 2 is 1.81 bits per heavy atom. The molecule has 0 aliphatic carbocycles. The summed E-state index contributed by atoms with van der Waals surface area (Å²) in [6.45, 7) is 2.68. The minimum Gasteiger partial charge on any atom is -0.384 e. The number of nitrogen functional groups attached to an aromatic ring is 1. The van der Waals surface area contributed by atoms with E-state index in [2.05, 4.69) is 23.3 Å². The van der Waals surface area contributed by atoms with Crippen molar-refractivity contribution in [2.24, 2.45) is 0 Å². The Labute approximate surface area is 210 Å². The lowest BCUT2D eigenvalue weighted by Crippen LogP contribution is -2.30. The summed E-state index contributed by atoms with van der Waals surface area (Å²) in [7, 11) is 0. The van der Waals surface area contributed by atoms with E-state index in [1.165, 1.54) is 0 Å². The summed E-state index contributed by atoms with van der Waals surface area (Å²) in [5.41, 5.74) is 12.7. The lowest BCUT2D eigenvalue weighted by atomic mass is 9.96. The van der Waals surface area contributed by atoms with Crippen LogP contribution in [0.1, 0.15) is 34.1 Å². The van der Waals surface area contributed by atoms with E-state index in [-0.39, 0.29) is 18.2 Å². The van der Waals surface area contributed by atoms with Crippen molar-refractivity contribution in [2.45, 2.75) is 26.2 Å². The van der Waals surface area contributed by atoms with Crippen molar-refractivity contribution < 1.29 is 9.59 Å². The molecule has 4 aromatic rings. The Morgan fingerprint density at radius 3 is 2.58 bits per heavy atom. The Morgan fingerprint density at radius 1 is 0.972 bits per heavy atom. The van der Waals surface area contributed by atoms with Crippen LogP contribution in [-0.2, 0) is 24.1 Å². The van der Waals surface area contributed by atoms with Gasteiger partial charge in [0, 0.05) is 23.5 Å². The molecule has 0 bridgehead atoms. The molecule has 3 N–H and O–H groups in total. The summed E-state index contributed by atoms with van der Waals surface area (Å²) >= 11 is 0. The van der Waals surface area contributed by atoms with Crippen molar-refractivity contribution >= 4 is 29.0 Å². The second-order valence-electron chi connectivity index (χ2n) is 8.92. The lowest BCUT2D eigenvalue weighted by molar-refractivity contribution is -0.117. The van der Waals surface area contributed by atoms with E-state index in [0.717, 1.165) is 40.8 Å². The van der Waals surface area contributed by atoms with Crippen LogP contribution in [0.3, 0.4) is 0 Å². The first-order valence-electron chi connectivity index (χ1n) is 12.2. The van der Waals surface area contributed by atoms with Crippen molar-refractivity contribution in [1.29, 1.82) is 0 Å². The van der Waals surface area contributed by atoms with Crippen LogP contribution in [0, 0.1) is 0 Å². The number of fused-ring (bicyclic) bond motifs is 1. The number of anilines is 3. The van der Waals surface area contributed by atoms with Crippen LogP contribution >= 0.6 is 0 Å². The van der Waals surface area contributed by atoms with Gasteiger partial charge >= 0.3 is 0 Å². The minimum absolute atomic E-state index is 0.0208. The third kappa shape index (κ3) is 4.84. The molecule has 3 aromatic carbocycles. The fourth-order valence-corrected chi connectivity index (χ4v) is 4.65. The van der Waals surface area contributed by atoms with E-state index >= 15 is 0 Å². The third-order valence-corrected chi connectivity index (χ3v) is 6.52. The van der Waals surface area contributed by atoms with E-state index < -0.39 is 0 Å². The molecule has 2 heterocycles. The zero-order valence-electron chi connectivity index (χ0n) is 20.2. The van der Waals surface area contributed by atoms with Gasteiger partial charge in [0.05, 0.1) is 12.1 Å². The van der Waals surface area contributed by atoms with Crippen LogP contribution in [0.4, 0.5) is 17.2 Å². The van der Waals surface area contributed by atoms with E-state index in [0.29, 0.717) is 29.3 Å². The normalized spacial score (nSPS) is 12.3. The van der Waals surface area contributed by atoms with E-state index in [9.17, 15) is 9.59 Å². The third-order valence-electron chi connectivity index (χ3n) is 6.52. The number of aryl methyl sites for hydroxylation is 1. The highest BCUT2D eigenvalue weighted by atomic mass is 16.2.